The summed E-state index contributed by atoms with van der Waals surface area (Å²) in [5.74, 6) is -0.0709. The molecule has 0 aliphatic carbocycles. The van der Waals surface area contributed by atoms with Crippen LogP contribution in [-0.2, 0) is 19.6 Å². The average molecular weight is 319 g/mol. The van der Waals surface area contributed by atoms with Crippen LogP contribution in [0.5, 0.6) is 0 Å². The van der Waals surface area contributed by atoms with Crippen LogP contribution in [0.3, 0.4) is 0 Å². The molecule has 21 heavy (non-hydrogen) atoms. The first kappa shape index (κ1) is 17.9. The van der Waals surface area contributed by atoms with Gasteiger partial charge in [0.05, 0.1) is 6.26 Å². The van der Waals surface area contributed by atoms with E-state index in [1.54, 1.807) is 30.6 Å². The topological polar surface area (TPSA) is 78.0 Å². The molecule has 0 bridgehead atoms. The molecule has 0 atom stereocenters. The molecule has 0 saturated carbocycles. The lowest BCUT2D eigenvalue weighted by atomic mass is 10.1. The lowest BCUT2D eigenvalue weighted by Gasteiger charge is -2.35. The van der Waals surface area contributed by atoms with Crippen LogP contribution in [0, 0.1) is 0 Å². The Balaban J connectivity index is 2.57. The van der Waals surface area contributed by atoms with Crippen molar-refractivity contribution in [3.8, 4) is 0 Å². The van der Waals surface area contributed by atoms with Gasteiger partial charge < -0.3 is 9.80 Å². The van der Waals surface area contributed by atoms with E-state index in [0.717, 1.165) is 12.7 Å². The third-order valence-corrected chi connectivity index (χ3v) is 5.02. The number of amides is 2. The second-order valence-corrected chi connectivity index (χ2v) is 8.18. The van der Waals surface area contributed by atoms with Crippen molar-refractivity contribution in [3.05, 3.63) is 0 Å². The summed E-state index contributed by atoms with van der Waals surface area (Å²) in [6.07, 6.45) is 2.10. The van der Waals surface area contributed by atoms with Crippen molar-refractivity contribution in [2.45, 2.75) is 32.7 Å². The van der Waals surface area contributed by atoms with E-state index in [1.165, 1.54) is 4.31 Å². The summed E-state index contributed by atoms with van der Waals surface area (Å²) < 4.78 is 25.0. The van der Waals surface area contributed by atoms with E-state index in [0.29, 0.717) is 26.2 Å². The summed E-state index contributed by atoms with van der Waals surface area (Å²) >= 11 is 0. The van der Waals surface area contributed by atoms with Gasteiger partial charge >= 0.3 is 0 Å². The zero-order chi connectivity index (χ0) is 16.3. The number of hydrogen-bond donors (Lipinski definition) is 0. The summed E-state index contributed by atoms with van der Waals surface area (Å²) in [4.78, 5) is 26.1. The van der Waals surface area contributed by atoms with Gasteiger partial charge in [0.2, 0.25) is 22.3 Å². The molecule has 8 heteroatoms. The highest BCUT2D eigenvalue weighted by Gasteiger charge is 2.30. The molecular weight excluding hydrogens is 294 g/mol. The first-order valence-corrected chi connectivity index (χ1v) is 8.85. The van der Waals surface area contributed by atoms with Crippen molar-refractivity contribution in [2.75, 3.05) is 39.0 Å². The minimum Gasteiger partial charge on any atom is -0.342 e. The molecule has 1 rings (SSSR count). The first-order chi connectivity index (χ1) is 9.55. The molecular formula is C13H25N3O4S. The summed E-state index contributed by atoms with van der Waals surface area (Å²) in [7, 11) is -3.35. The Bertz CT molecular complexity index is 476. The molecule has 1 heterocycles. The first-order valence-electron chi connectivity index (χ1n) is 7.00. The van der Waals surface area contributed by atoms with Gasteiger partial charge in [0, 0.05) is 44.7 Å². The summed E-state index contributed by atoms with van der Waals surface area (Å²) in [5.41, 5.74) is -0.552. The third-order valence-electron chi connectivity index (χ3n) is 3.49. The van der Waals surface area contributed by atoms with E-state index in [9.17, 15) is 18.0 Å². The fraction of sp³-hybridized carbons (Fsp3) is 0.846. The smallest absolute Gasteiger partial charge is 0.224 e. The molecule has 1 saturated heterocycles. The molecule has 1 aliphatic rings. The molecule has 0 aromatic rings. The van der Waals surface area contributed by atoms with E-state index in [1.807, 2.05) is 0 Å². The zero-order valence-corrected chi connectivity index (χ0v) is 14.0. The van der Waals surface area contributed by atoms with Crippen molar-refractivity contribution >= 4 is 22.3 Å². The predicted octanol–water partition coefficient (Wildman–Crippen LogP) is -0.263. The molecule has 0 aromatic carbocycles. The van der Waals surface area contributed by atoms with Crippen molar-refractivity contribution in [2.24, 2.45) is 0 Å². The number of piperazine rings is 1. The second-order valence-electron chi connectivity index (χ2n) is 6.28. The van der Waals surface area contributed by atoms with Crippen LogP contribution >= 0.6 is 0 Å². The zero-order valence-electron chi connectivity index (χ0n) is 13.2. The minimum atomic E-state index is -3.35. The molecule has 1 aliphatic heterocycles. The lowest BCUT2D eigenvalue weighted by Crippen LogP contribution is -2.50. The van der Waals surface area contributed by atoms with Crippen molar-refractivity contribution in [3.63, 3.8) is 0 Å². The lowest BCUT2D eigenvalue weighted by molar-refractivity contribution is -0.135. The maximum atomic E-state index is 12.1. The van der Waals surface area contributed by atoms with E-state index in [-0.39, 0.29) is 18.9 Å². The molecule has 0 aromatic heterocycles. The maximum absolute atomic E-state index is 12.1. The van der Waals surface area contributed by atoms with E-state index >= 15 is 0 Å². The number of nitrogens with zero attached hydrogens (tertiary/aromatic N) is 3. The summed E-state index contributed by atoms with van der Waals surface area (Å²) in [6.45, 7) is 7.67. The highest BCUT2D eigenvalue weighted by molar-refractivity contribution is 7.88. The minimum absolute atomic E-state index is 0.0709. The Labute approximate surface area is 126 Å². The van der Waals surface area contributed by atoms with Crippen LogP contribution in [0.15, 0.2) is 0 Å². The Morgan fingerprint density at radius 3 is 2.10 bits per heavy atom. The Morgan fingerprint density at radius 1 is 1.19 bits per heavy atom. The van der Waals surface area contributed by atoms with Crippen molar-refractivity contribution in [1.82, 2.24) is 14.1 Å². The average Bonchev–Trinajstić information content (AvgIpc) is 2.35. The van der Waals surface area contributed by atoms with Gasteiger partial charge in [-0.05, 0) is 20.8 Å². The molecule has 2 amide bonds. The van der Waals surface area contributed by atoms with E-state index in [2.05, 4.69) is 0 Å². The molecule has 0 unspecified atom stereocenters. The maximum Gasteiger partial charge on any atom is 0.224 e. The van der Waals surface area contributed by atoms with Crippen LogP contribution in [-0.4, -0.2) is 79.4 Å². The largest absolute Gasteiger partial charge is 0.342 e. The molecule has 0 spiro atoms. The van der Waals surface area contributed by atoms with Gasteiger partial charge in [0.1, 0.15) is 0 Å². The number of hydrogen-bond acceptors (Lipinski definition) is 4. The quantitative estimate of drug-likeness (QED) is 0.654. The van der Waals surface area contributed by atoms with Gasteiger partial charge in [-0.2, -0.15) is 4.31 Å². The van der Waals surface area contributed by atoms with Crippen LogP contribution in [0.25, 0.3) is 0 Å². The van der Waals surface area contributed by atoms with Crippen LogP contribution < -0.4 is 0 Å². The van der Waals surface area contributed by atoms with Crippen LogP contribution in [0.2, 0.25) is 0 Å². The Morgan fingerprint density at radius 2 is 1.71 bits per heavy atom. The van der Waals surface area contributed by atoms with Gasteiger partial charge in [0.25, 0.3) is 0 Å². The number of sulfonamides is 1. The SMILES string of the molecule is CC(C)(C)N(CCC(=O)N1CCN(C=O)CC1)S(C)(=O)=O. The Hall–Kier alpha value is -1.15. The van der Waals surface area contributed by atoms with Gasteiger partial charge in [-0.1, -0.05) is 0 Å². The van der Waals surface area contributed by atoms with Crippen molar-refractivity contribution < 1.29 is 18.0 Å². The Kier molecular flexibility index (Phi) is 5.75. The second kappa shape index (κ2) is 6.74. The van der Waals surface area contributed by atoms with Crippen molar-refractivity contribution in [1.29, 1.82) is 0 Å². The fourth-order valence-electron chi connectivity index (χ4n) is 2.43. The predicted molar refractivity (Wildman–Crippen MR) is 80.1 cm³/mol. The number of rotatable bonds is 5. The van der Waals surface area contributed by atoms with Gasteiger partial charge in [0.15, 0.2) is 0 Å². The summed E-state index contributed by atoms with van der Waals surface area (Å²) in [6, 6.07) is 0. The van der Waals surface area contributed by atoms with Gasteiger partial charge in [-0.25, -0.2) is 8.42 Å². The number of carbonyl (C=O) groups excluding carboxylic acids is 2. The van der Waals surface area contributed by atoms with Crippen LogP contribution in [0.4, 0.5) is 0 Å². The summed E-state index contributed by atoms with van der Waals surface area (Å²) in [5, 5.41) is 0. The van der Waals surface area contributed by atoms with Crippen LogP contribution in [0.1, 0.15) is 27.2 Å². The molecule has 122 valence electrons. The molecule has 1 fully saturated rings. The molecule has 0 radical (unpaired) electrons. The van der Waals surface area contributed by atoms with E-state index < -0.39 is 15.6 Å². The highest BCUT2D eigenvalue weighted by Crippen LogP contribution is 2.18. The molecule has 0 N–H and O–H groups in total. The highest BCUT2D eigenvalue weighted by atomic mass is 32.2. The number of carbonyl (C=O) groups is 2. The van der Waals surface area contributed by atoms with Gasteiger partial charge in [-0.15, -0.1) is 0 Å². The third kappa shape index (κ3) is 5.28. The van der Waals surface area contributed by atoms with E-state index in [4.69, 9.17) is 0 Å². The fourth-order valence-corrected chi connectivity index (χ4v) is 3.85. The standard InChI is InChI=1S/C13H25N3O4S/c1-13(2,3)16(21(4,19)20)6-5-12(18)15-9-7-14(11-17)8-10-15/h11H,5-10H2,1-4H3. The molecule has 7 nitrogen and oxygen atoms in total. The monoisotopic (exact) mass is 319 g/mol. The normalized spacial score (nSPS) is 17.2. The van der Waals surface area contributed by atoms with Gasteiger partial charge in [-0.3, -0.25) is 9.59 Å².